The molecule has 0 atom stereocenters. The summed E-state index contributed by atoms with van der Waals surface area (Å²) >= 11 is 0. The van der Waals surface area contributed by atoms with E-state index in [1.807, 2.05) is 10.7 Å². The maximum absolute atomic E-state index is 7.10. The lowest BCUT2D eigenvalue weighted by molar-refractivity contribution is 0.0672. The number of pyridine rings is 1. The minimum Gasteiger partial charge on any atom is -0.381 e. The molecule has 0 unspecified atom stereocenters. The molecule has 3 heterocycles. The third-order valence-corrected chi connectivity index (χ3v) is 3.60. The van der Waals surface area contributed by atoms with Crippen LogP contribution in [0.3, 0.4) is 0 Å². The Bertz CT molecular complexity index is 635. The van der Waals surface area contributed by atoms with E-state index >= 15 is 0 Å². The molecule has 0 radical (unpaired) electrons. The van der Waals surface area contributed by atoms with Crippen LogP contribution < -0.4 is 0 Å². The van der Waals surface area contributed by atoms with Crippen molar-refractivity contribution >= 4 is 16.9 Å². The highest BCUT2D eigenvalue weighted by molar-refractivity contribution is 5.80. The molecule has 0 amide bonds. The molecule has 0 saturated carbocycles. The quantitative estimate of drug-likeness (QED) is 0.776. The van der Waals surface area contributed by atoms with Gasteiger partial charge in [0.1, 0.15) is 0 Å². The fourth-order valence-corrected chi connectivity index (χ4v) is 2.58. The van der Waals surface area contributed by atoms with Crippen LogP contribution in [0, 0.1) is 6.57 Å². The zero-order chi connectivity index (χ0) is 13.2. The summed E-state index contributed by atoms with van der Waals surface area (Å²) in [5.41, 5.74) is 1.91. The van der Waals surface area contributed by atoms with Crippen LogP contribution in [-0.4, -0.2) is 28.0 Å². The summed E-state index contributed by atoms with van der Waals surface area (Å²) in [4.78, 5) is 7.86. The lowest BCUT2D eigenvalue weighted by Crippen LogP contribution is -2.20. The standard InChI is InChI=1S/C14H16N4O/c1-3-12-11-4-5-13(15-2)16-14(11)18(17-12)10-6-8-19-9-7-10/h4-5,10H,3,6-9H2,1H3. The van der Waals surface area contributed by atoms with Gasteiger partial charge in [-0.3, -0.25) is 0 Å². The first kappa shape index (κ1) is 12.1. The van der Waals surface area contributed by atoms with E-state index in [2.05, 4.69) is 16.8 Å². The number of hydrogen-bond acceptors (Lipinski definition) is 3. The fourth-order valence-electron chi connectivity index (χ4n) is 2.58. The number of hydrogen-bond donors (Lipinski definition) is 0. The molecule has 0 aliphatic carbocycles. The third-order valence-electron chi connectivity index (χ3n) is 3.60. The van der Waals surface area contributed by atoms with Gasteiger partial charge in [0.15, 0.2) is 0 Å². The summed E-state index contributed by atoms with van der Waals surface area (Å²) in [6.45, 7) is 10.7. The Kier molecular flexibility index (Phi) is 3.18. The second-order valence-electron chi connectivity index (χ2n) is 4.74. The molecule has 5 nitrogen and oxygen atoms in total. The summed E-state index contributed by atoms with van der Waals surface area (Å²) in [6, 6.07) is 4.08. The van der Waals surface area contributed by atoms with E-state index in [9.17, 15) is 0 Å². The monoisotopic (exact) mass is 256 g/mol. The Morgan fingerprint density at radius 1 is 1.42 bits per heavy atom. The first-order chi connectivity index (χ1) is 9.33. The van der Waals surface area contributed by atoms with Crippen LogP contribution >= 0.6 is 0 Å². The fraction of sp³-hybridized carbons (Fsp3) is 0.500. The number of aryl methyl sites for hydroxylation is 1. The largest absolute Gasteiger partial charge is 0.381 e. The molecule has 1 fully saturated rings. The van der Waals surface area contributed by atoms with Gasteiger partial charge in [0.05, 0.1) is 17.1 Å². The molecular formula is C14H16N4O. The van der Waals surface area contributed by atoms with Gasteiger partial charge in [-0.05, 0) is 25.3 Å². The Morgan fingerprint density at radius 3 is 2.89 bits per heavy atom. The Labute approximate surface area is 112 Å². The SMILES string of the molecule is [C-]#[N+]c1ccc2c(CC)nn(C3CCOCC3)c2n1. The zero-order valence-electron chi connectivity index (χ0n) is 11.0. The molecule has 2 aromatic rings. The lowest BCUT2D eigenvalue weighted by atomic mass is 10.1. The van der Waals surface area contributed by atoms with Gasteiger partial charge >= 0.3 is 0 Å². The number of rotatable bonds is 2. The van der Waals surface area contributed by atoms with Crippen molar-refractivity contribution in [2.75, 3.05) is 13.2 Å². The highest BCUT2D eigenvalue weighted by Crippen LogP contribution is 2.28. The van der Waals surface area contributed by atoms with Crippen molar-refractivity contribution < 1.29 is 4.74 Å². The van der Waals surface area contributed by atoms with Crippen LogP contribution in [0.15, 0.2) is 12.1 Å². The summed E-state index contributed by atoms with van der Waals surface area (Å²) in [5.74, 6) is 0.434. The Morgan fingerprint density at radius 2 is 2.21 bits per heavy atom. The summed E-state index contributed by atoms with van der Waals surface area (Å²) in [6.07, 6.45) is 2.81. The molecular weight excluding hydrogens is 240 g/mol. The molecule has 0 aromatic carbocycles. The predicted octanol–water partition coefficient (Wildman–Crippen LogP) is 2.90. The molecule has 0 spiro atoms. The zero-order valence-corrected chi connectivity index (χ0v) is 11.0. The van der Waals surface area contributed by atoms with Crippen molar-refractivity contribution in [3.05, 3.63) is 29.2 Å². The number of nitrogens with zero attached hydrogens (tertiary/aromatic N) is 4. The maximum atomic E-state index is 7.10. The maximum Gasteiger partial charge on any atom is 0.271 e. The van der Waals surface area contributed by atoms with E-state index in [-0.39, 0.29) is 0 Å². The van der Waals surface area contributed by atoms with Crippen molar-refractivity contribution in [2.24, 2.45) is 0 Å². The van der Waals surface area contributed by atoms with Gasteiger partial charge in [0, 0.05) is 13.2 Å². The van der Waals surface area contributed by atoms with Gasteiger partial charge in [0.2, 0.25) is 0 Å². The van der Waals surface area contributed by atoms with Crippen molar-refractivity contribution in [1.82, 2.24) is 14.8 Å². The van der Waals surface area contributed by atoms with Gasteiger partial charge < -0.3 is 9.58 Å². The molecule has 0 N–H and O–H groups in total. The first-order valence-electron chi connectivity index (χ1n) is 6.67. The number of fused-ring (bicyclic) bond motifs is 1. The van der Waals surface area contributed by atoms with E-state index in [0.717, 1.165) is 49.2 Å². The number of ether oxygens (including phenoxy) is 1. The van der Waals surface area contributed by atoms with Gasteiger partial charge in [-0.1, -0.05) is 24.5 Å². The van der Waals surface area contributed by atoms with Crippen molar-refractivity contribution in [3.8, 4) is 0 Å². The van der Waals surface area contributed by atoms with Crippen LogP contribution in [0.25, 0.3) is 15.9 Å². The second kappa shape index (κ2) is 4.98. The topological polar surface area (TPSA) is 44.3 Å². The molecule has 1 aliphatic heterocycles. The molecule has 3 rings (SSSR count). The van der Waals surface area contributed by atoms with E-state index in [1.54, 1.807) is 6.07 Å². The molecule has 19 heavy (non-hydrogen) atoms. The molecule has 2 aromatic heterocycles. The molecule has 98 valence electrons. The van der Waals surface area contributed by atoms with E-state index in [4.69, 9.17) is 16.4 Å². The van der Waals surface area contributed by atoms with Crippen LogP contribution in [0.1, 0.15) is 31.5 Å². The van der Waals surface area contributed by atoms with Crippen LogP contribution in [0.2, 0.25) is 0 Å². The average molecular weight is 256 g/mol. The van der Waals surface area contributed by atoms with Gasteiger partial charge in [0.25, 0.3) is 11.5 Å². The average Bonchev–Trinajstić information content (AvgIpc) is 2.86. The number of aromatic nitrogens is 3. The summed E-state index contributed by atoms with van der Waals surface area (Å²) in [7, 11) is 0. The minimum absolute atomic E-state index is 0.338. The van der Waals surface area contributed by atoms with E-state index in [0.29, 0.717) is 11.9 Å². The van der Waals surface area contributed by atoms with Crippen LogP contribution in [0.5, 0.6) is 0 Å². The van der Waals surface area contributed by atoms with Crippen LogP contribution in [0.4, 0.5) is 5.82 Å². The highest BCUT2D eigenvalue weighted by atomic mass is 16.5. The summed E-state index contributed by atoms with van der Waals surface area (Å²) in [5, 5.41) is 5.77. The highest BCUT2D eigenvalue weighted by Gasteiger charge is 2.23. The molecule has 1 saturated heterocycles. The molecule has 5 heteroatoms. The van der Waals surface area contributed by atoms with Crippen LogP contribution in [-0.2, 0) is 11.2 Å². The molecule has 0 bridgehead atoms. The smallest absolute Gasteiger partial charge is 0.271 e. The lowest BCUT2D eigenvalue weighted by Gasteiger charge is -2.21. The normalized spacial score (nSPS) is 16.6. The van der Waals surface area contributed by atoms with Crippen molar-refractivity contribution in [3.63, 3.8) is 0 Å². The van der Waals surface area contributed by atoms with Crippen molar-refractivity contribution in [2.45, 2.75) is 32.2 Å². The van der Waals surface area contributed by atoms with Crippen molar-refractivity contribution in [1.29, 1.82) is 0 Å². The summed E-state index contributed by atoms with van der Waals surface area (Å²) < 4.78 is 7.41. The second-order valence-corrected chi connectivity index (χ2v) is 4.74. The molecule has 1 aliphatic rings. The Hall–Kier alpha value is -1.93. The van der Waals surface area contributed by atoms with Gasteiger partial charge in [-0.2, -0.15) is 5.10 Å². The minimum atomic E-state index is 0.338. The van der Waals surface area contributed by atoms with Gasteiger partial charge in [-0.15, -0.1) is 0 Å². The Balaban J connectivity index is 2.14. The van der Waals surface area contributed by atoms with E-state index < -0.39 is 0 Å². The first-order valence-corrected chi connectivity index (χ1v) is 6.67. The predicted molar refractivity (Wildman–Crippen MR) is 72.3 cm³/mol. The van der Waals surface area contributed by atoms with E-state index in [1.165, 1.54) is 0 Å². The van der Waals surface area contributed by atoms with Gasteiger partial charge in [-0.25, -0.2) is 4.68 Å². The third kappa shape index (κ3) is 2.08.